The number of halogens is 1. The summed E-state index contributed by atoms with van der Waals surface area (Å²) in [6.45, 7) is 4.04. The zero-order valence-corrected chi connectivity index (χ0v) is 12.1. The molecule has 2 aromatic carbocycles. The van der Waals surface area contributed by atoms with Gasteiger partial charge in [0.25, 0.3) is 0 Å². The van der Waals surface area contributed by atoms with Crippen LogP contribution in [0.1, 0.15) is 34.5 Å². The molecule has 0 saturated carbocycles. The molecular weight excluding hydrogens is 274 g/mol. The third-order valence-corrected chi connectivity index (χ3v) is 3.47. The van der Waals surface area contributed by atoms with Crippen LogP contribution in [-0.2, 0) is 0 Å². The average Bonchev–Trinajstić information content (AvgIpc) is 2.41. The van der Waals surface area contributed by atoms with Gasteiger partial charge in [0.05, 0.1) is 5.56 Å². The third kappa shape index (κ3) is 3.11. The second kappa shape index (κ2) is 5.97. The van der Waals surface area contributed by atoms with Crippen LogP contribution in [0.15, 0.2) is 42.5 Å². The molecule has 3 nitrogen and oxygen atoms in total. The third-order valence-electron chi connectivity index (χ3n) is 3.24. The van der Waals surface area contributed by atoms with Gasteiger partial charge in [0.1, 0.15) is 0 Å². The average molecular weight is 290 g/mol. The SMILES string of the molecule is Cc1ccccc1C(C)Nc1ccc(Cl)cc1C(=O)O. The summed E-state index contributed by atoms with van der Waals surface area (Å²) in [4.78, 5) is 11.3. The topological polar surface area (TPSA) is 49.3 Å². The summed E-state index contributed by atoms with van der Waals surface area (Å²) in [6, 6.07) is 12.9. The van der Waals surface area contributed by atoms with E-state index in [0.717, 1.165) is 5.56 Å². The molecule has 0 saturated heterocycles. The molecule has 0 aromatic heterocycles. The summed E-state index contributed by atoms with van der Waals surface area (Å²) in [6.07, 6.45) is 0. The van der Waals surface area contributed by atoms with Gasteiger partial charge in [-0.2, -0.15) is 0 Å². The Labute approximate surface area is 123 Å². The second-order valence-corrected chi connectivity index (χ2v) is 5.15. The van der Waals surface area contributed by atoms with Crippen molar-refractivity contribution in [3.63, 3.8) is 0 Å². The number of nitrogens with one attached hydrogen (secondary N) is 1. The summed E-state index contributed by atoms with van der Waals surface area (Å²) < 4.78 is 0. The standard InChI is InChI=1S/C16H16ClNO2/c1-10-5-3-4-6-13(10)11(2)18-15-8-7-12(17)9-14(15)16(19)20/h3-9,11,18H,1-2H3,(H,19,20). The number of aromatic carboxylic acids is 1. The summed E-state index contributed by atoms with van der Waals surface area (Å²) in [5.74, 6) is -0.994. The highest BCUT2D eigenvalue weighted by Gasteiger charge is 2.14. The zero-order chi connectivity index (χ0) is 14.7. The monoisotopic (exact) mass is 289 g/mol. The maximum absolute atomic E-state index is 11.3. The van der Waals surface area contributed by atoms with Crippen LogP contribution < -0.4 is 5.32 Å². The number of aryl methyl sites for hydroxylation is 1. The van der Waals surface area contributed by atoms with Gasteiger partial charge >= 0.3 is 5.97 Å². The number of carbonyl (C=O) groups is 1. The molecule has 2 N–H and O–H groups in total. The van der Waals surface area contributed by atoms with Gasteiger partial charge in [0, 0.05) is 16.8 Å². The minimum absolute atomic E-state index is 0.00970. The van der Waals surface area contributed by atoms with Gasteiger partial charge in [-0.1, -0.05) is 35.9 Å². The lowest BCUT2D eigenvalue weighted by Gasteiger charge is -2.19. The maximum Gasteiger partial charge on any atom is 0.337 e. The molecule has 0 spiro atoms. The minimum Gasteiger partial charge on any atom is -0.478 e. The van der Waals surface area contributed by atoms with Crippen molar-refractivity contribution in [2.45, 2.75) is 19.9 Å². The van der Waals surface area contributed by atoms with Crippen LogP contribution in [0.4, 0.5) is 5.69 Å². The van der Waals surface area contributed by atoms with Crippen LogP contribution in [0.5, 0.6) is 0 Å². The molecule has 20 heavy (non-hydrogen) atoms. The van der Waals surface area contributed by atoms with E-state index in [0.29, 0.717) is 10.7 Å². The van der Waals surface area contributed by atoms with Crippen molar-refractivity contribution in [1.82, 2.24) is 0 Å². The molecule has 0 amide bonds. The zero-order valence-electron chi connectivity index (χ0n) is 11.4. The Balaban J connectivity index is 2.31. The molecule has 2 rings (SSSR count). The Bertz CT molecular complexity index is 640. The predicted molar refractivity (Wildman–Crippen MR) is 81.6 cm³/mol. The molecule has 2 aromatic rings. The molecule has 0 aliphatic heterocycles. The Hall–Kier alpha value is -2.00. The van der Waals surface area contributed by atoms with Gasteiger partial charge in [0.2, 0.25) is 0 Å². The second-order valence-electron chi connectivity index (χ2n) is 4.72. The van der Waals surface area contributed by atoms with E-state index in [1.54, 1.807) is 12.1 Å². The highest BCUT2D eigenvalue weighted by Crippen LogP contribution is 2.26. The van der Waals surface area contributed by atoms with E-state index < -0.39 is 5.97 Å². The molecule has 104 valence electrons. The van der Waals surface area contributed by atoms with Crippen LogP contribution >= 0.6 is 11.6 Å². The maximum atomic E-state index is 11.3. The van der Waals surface area contributed by atoms with Crippen molar-refractivity contribution in [2.75, 3.05) is 5.32 Å². The molecule has 0 bridgehead atoms. The van der Waals surface area contributed by atoms with Gasteiger partial charge in [-0.3, -0.25) is 0 Å². The van der Waals surface area contributed by atoms with Gasteiger partial charge < -0.3 is 10.4 Å². The van der Waals surface area contributed by atoms with E-state index in [9.17, 15) is 9.90 Å². The lowest BCUT2D eigenvalue weighted by Crippen LogP contribution is -2.11. The highest BCUT2D eigenvalue weighted by molar-refractivity contribution is 6.31. The van der Waals surface area contributed by atoms with Crippen LogP contribution in [-0.4, -0.2) is 11.1 Å². The summed E-state index contributed by atoms with van der Waals surface area (Å²) >= 11 is 5.85. The first-order chi connectivity index (χ1) is 9.49. The quantitative estimate of drug-likeness (QED) is 0.870. The lowest BCUT2D eigenvalue weighted by molar-refractivity contribution is 0.0698. The minimum atomic E-state index is -0.994. The fourth-order valence-corrected chi connectivity index (χ4v) is 2.38. The number of rotatable bonds is 4. The molecule has 0 aliphatic carbocycles. The first kappa shape index (κ1) is 14.4. The van der Waals surface area contributed by atoms with Gasteiger partial charge in [-0.25, -0.2) is 4.79 Å². The number of carboxylic acid groups (broad SMARTS) is 1. The van der Waals surface area contributed by atoms with Gasteiger partial charge in [-0.15, -0.1) is 0 Å². The molecule has 0 heterocycles. The lowest BCUT2D eigenvalue weighted by atomic mass is 10.0. The predicted octanol–water partition coefficient (Wildman–Crippen LogP) is 4.52. The summed E-state index contributed by atoms with van der Waals surface area (Å²) in [7, 11) is 0. The highest BCUT2D eigenvalue weighted by atomic mass is 35.5. The molecule has 0 fully saturated rings. The van der Waals surface area contributed by atoms with Crippen molar-refractivity contribution in [2.24, 2.45) is 0 Å². The molecule has 0 radical (unpaired) electrons. The van der Waals surface area contributed by atoms with Crippen molar-refractivity contribution < 1.29 is 9.90 Å². The first-order valence-electron chi connectivity index (χ1n) is 6.34. The van der Waals surface area contributed by atoms with Gasteiger partial charge in [-0.05, 0) is 43.2 Å². The molecule has 1 unspecified atom stereocenters. The smallest absolute Gasteiger partial charge is 0.337 e. The van der Waals surface area contributed by atoms with E-state index in [2.05, 4.69) is 5.32 Å². The van der Waals surface area contributed by atoms with E-state index in [4.69, 9.17) is 11.6 Å². The van der Waals surface area contributed by atoms with Crippen molar-refractivity contribution in [1.29, 1.82) is 0 Å². The number of carboxylic acids is 1. The molecular formula is C16H16ClNO2. The molecule has 1 atom stereocenters. The van der Waals surface area contributed by atoms with Crippen molar-refractivity contribution in [3.05, 3.63) is 64.2 Å². The van der Waals surface area contributed by atoms with Gasteiger partial charge in [0.15, 0.2) is 0 Å². The number of anilines is 1. The Morgan fingerprint density at radius 1 is 1.25 bits per heavy atom. The largest absolute Gasteiger partial charge is 0.478 e. The Morgan fingerprint density at radius 3 is 2.60 bits per heavy atom. The first-order valence-corrected chi connectivity index (χ1v) is 6.71. The number of hydrogen-bond donors (Lipinski definition) is 2. The van der Waals surface area contributed by atoms with Crippen molar-refractivity contribution >= 4 is 23.3 Å². The molecule has 4 heteroatoms. The van der Waals surface area contributed by atoms with Crippen LogP contribution in [0.3, 0.4) is 0 Å². The van der Waals surface area contributed by atoms with E-state index >= 15 is 0 Å². The number of benzene rings is 2. The van der Waals surface area contributed by atoms with E-state index in [-0.39, 0.29) is 11.6 Å². The molecule has 0 aliphatic rings. The van der Waals surface area contributed by atoms with Crippen LogP contribution in [0.25, 0.3) is 0 Å². The fraction of sp³-hybridized carbons (Fsp3) is 0.188. The Kier molecular flexibility index (Phi) is 4.30. The normalized spacial score (nSPS) is 11.9. The fourth-order valence-electron chi connectivity index (χ4n) is 2.20. The Morgan fingerprint density at radius 2 is 1.95 bits per heavy atom. The van der Waals surface area contributed by atoms with Crippen LogP contribution in [0.2, 0.25) is 5.02 Å². The summed E-state index contributed by atoms with van der Waals surface area (Å²) in [5, 5.41) is 12.9. The van der Waals surface area contributed by atoms with E-state index in [1.165, 1.54) is 11.6 Å². The number of hydrogen-bond acceptors (Lipinski definition) is 2. The van der Waals surface area contributed by atoms with E-state index in [1.807, 2.05) is 38.1 Å². The van der Waals surface area contributed by atoms with Crippen LogP contribution in [0, 0.1) is 6.92 Å². The van der Waals surface area contributed by atoms with Crippen molar-refractivity contribution in [3.8, 4) is 0 Å². The summed E-state index contributed by atoms with van der Waals surface area (Å²) in [5.41, 5.74) is 3.05.